The van der Waals surface area contributed by atoms with Gasteiger partial charge in [-0.1, -0.05) is 18.2 Å². The molecule has 0 aromatic heterocycles. The number of hydrogen-bond donors (Lipinski definition) is 2. The second kappa shape index (κ2) is 7.64. The normalized spacial score (nSPS) is 10.9. The molecule has 0 heterocycles. The van der Waals surface area contributed by atoms with Crippen LogP contribution < -0.4 is 9.47 Å². The lowest BCUT2D eigenvalue weighted by molar-refractivity contribution is 0.280. The SMILES string of the molecule is COc1cc(/C=C/c2ccc(OC)cc2CO)cc(CO)c1. The summed E-state index contributed by atoms with van der Waals surface area (Å²) in [6.45, 7) is -0.0979. The Hall–Kier alpha value is -2.30. The van der Waals surface area contributed by atoms with Crippen LogP contribution in [0.3, 0.4) is 0 Å². The van der Waals surface area contributed by atoms with Gasteiger partial charge in [0.15, 0.2) is 0 Å². The molecule has 0 bridgehead atoms. The van der Waals surface area contributed by atoms with E-state index in [1.807, 2.05) is 42.5 Å². The molecule has 0 aliphatic rings. The quantitative estimate of drug-likeness (QED) is 0.805. The van der Waals surface area contributed by atoms with E-state index in [9.17, 15) is 10.2 Å². The average Bonchev–Trinajstić information content (AvgIpc) is 2.59. The van der Waals surface area contributed by atoms with E-state index in [4.69, 9.17) is 9.47 Å². The Labute approximate surface area is 130 Å². The highest BCUT2D eigenvalue weighted by atomic mass is 16.5. The fraction of sp³-hybridized carbons (Fsp3) is 0.222. The Morgan fingerprint density at radius 2 is 1.64 bits per heavy atom. The maximum atomic E-state index is 9.46. The molecule has 0 atom stereocenters. The number of benzene rings is 2. The monoisotopic (exact) mass is 300 g/mol. The standard InChI is InChI=1S/C18H20O4/c1-21-17-6-5-15(16(10-17)12-20)4-3-13-7-14(11-19)9-18(8-13)22-2/h3-10,19-20H,11-12H2,1-2H3/b4-3+. The predicted molar refractivity (Wildman–Crippen MR) is 86.8 cm³/mol. The van der Waals surface area contributed by atoms with Gasteiger partial charge in [-0.15, -0.1) is 0 Å². The summed E-state index contributed by atoms with van der Waals surface area (Å²) in [5.41, 5.74) is 3.41. The van der Waals surface area contributed by atoms with Crippen LogP contribution in [0.25, 0.3) is 12.2 Å². The molecule has 0 unspecified atom stereocenters. The van der Waals surface area contributed by atoms with Crippen LogP contribution >= 0.6 is 0 Å². The van der Waals surface area contributed by atoms with Crippen molar-refractivity contribution < 1.29 is 19.7 Å². The molecule has 2 aromatic carbocycles. The molecule has 2 N–H and O–H groups in total. The molecule has 116 valence electrons. The molecule has 0 fully saturated rings. The second-order valence-corrected chi connectivity index (χ2v) is 4.83. The van der Waals surface area contributed by atoms with Crippen LogP contribution in [-0.4, -0.2) is 24.4 Å². The zero-order valence-corrected chi connectivity index (χ0v) is 12.7. The number of aliphatic hydroxyl groups excluding tert-OH is 2. The largest absolute Gasteiger partial charge is 0.497 e. The van der Waals surface area contributed by atoms with E-state index in [-0.39, 0.29) is 13.2 Å². The van der Waals surface area contributed by atoms with Crippen molar-refractivity contribution in [1.29, 1.82) is 0 Å². The summed E-state index contributed by atoms with van der Waals surface area (Å²) in [4.78, 5) is 0. The van der Waals surface area contributed by atoms with Gasteiger partial charge in [-0.25, -0.2) is 0 Å². The van der Waals surface area contributed by atoms with E-state index < -0.39 is 0 Å². The minimum Gasteiger partial charge on any atom is -0.497 e. The van der Waals surface area contributed by atoms with Gasteiger partial charge in [-0.2, -0.15) is 0 Å². The van der Waals surface area contributed by atoms with Gasteiger partial charge in [-0.05, 0) is 52.6 Å². The molecule has 0 amide bonds. The fourth-order valence-corrected chi connectivity index (χ4v) is 2.19. The fourth-order valence-electron chi connectivity index (χ4n) is 2.19. The summed E-state index contributed by atoms with van der Waals surface area (Å²) in [5.74, 6) is 1.41. The third kappa shape index (κ3) is 3.87. The van der Waals surface area contributed by atoms with Gasteiger partial charge >= 0.3 is 0 Å². The Bertz CT molecular complexity index is 640. The highest BCUT2D eigenvalue weighted by Crippen LogP contribution is 2.22. The highest BCUT2D eigenvalue weighted by molar-refractivity contribution is 5.72. The number of hydrogen-bond acceptors (Lipinski definition) is 4. The van der Waals surface area contributed by atoms with E-state index in [1.165, 1.54) is 0 Å². The molecular formula is C18H20O4. The van der Waals surface area contributed by atoms with Crippen LogP contribution in [0.1, 0.15) is 22.3 Å². The van der Waals surface area contributed by atoms with Gasteiger partial charge in [0.2, 0.25) is 0 Å². The lowest BCUT2D eigenvalue weighted by atomic mass is 10.0. The maximum absolute atomic E-state index is 9.46. The smallest absolute Gasteiger partial charge is 0.119 e. The van der Waals surface area contributed by atoms with E-state index in [0.29, 0.717) is 11.5 Å². The van der Waals surface area contributed by atoms with Crippen LogP contribution in [0, 0.1) is 0 Å². The molecule has 2 rings (SSSR count). The lowest BCUT2D eigenvalue weighted by Gasteiger charge is -2.07. The summed E-state index contributed by atoms with van der Waals surface area (Å²) in [7, 11) is 3.19. The first-order chi connectivity index (χ1) is 10.7. The topological polar surface area (TPSA) is 58.9 Å². The van der Waals surface area contributed by atoms with Gasteiger partial charge in [0.1, 0.15) is 11.5 Å². The van der Waals surface area contributed by atoms with Crippen LogP contribution in [0.4, 0.5) is 0 Å². The van der Waals surface area contributed by atoms with Crippen LogP contribution in [0.5, 0.6) is 11.5 Å². The first-order valence-electron chi connectivity index (χ1n) is 6.95. The molecule has 0 aliphatic heterocycles. The molecule has 22 heavy (non-hydrogen) atoms. The van der Waals surface area contributed by atoms with Gasteiger partial charge < -0.3 is 19.7 Å². The maximum Gasteiger partial charge on any atom is 0.119 e. The minimum atomic E-state index is -0.0587. The van der Waals surface area contributed by atoms with E-state index in [2.05, 4.69) is 0 Å². The number of aliphatic hydroxyl groups is 2. The summed E-state index contributed by atoms with van der Waals surface area (Å²) in [5, 5.41) is 18.7. The van der Waals surface area contributed by atoms with Gasteiger partial charge in [0.05, 0.1) is 27.4 Å². The van der Waals surface area contributed by atoms with E-state index >= 15 is 0 Å². The molecule has 0 saturated heterocycles. The van der Waals surface area contributed by atoms with Crippen molar-refractivity contribution >= 4 is 12.2 Å². The van der Waals surface area contributed by atoms with E-state index in [1.54, 1.807) is 20.3 Å². The second-order valence-electron chi connectivity index (χ2n) is 4.83. The van der Waals surface area contributed by atoms with Crippen molar-refractivity contribution in [3.63, 3.8) is 0 Å². The highest BCUT2D eigenvalue weighted by Gasteiger charge is 2.02. The molecule has 0 radical (unpaired) electrons. The van der Waals surface area contributed by atoms with Gasteiger partial charge in [0.25, 0.3) is 0 Å². The molecule has 0 saturated carbocycles. The predicted octanol–water partition coefficient (Wildman–Crippen LogP) is 2.86. The molecule has 0 spiro atoms. The Balaban J connectivity index is 2.32. The minimum absolute atomic E-state index is 0.0392. The van der Waals surface area contributed by atoms with Crippen LogP contribution in [0.15, 0.2) is 36.4 Å². The Morgan fingerprint density at radius 1 is 0.864 bits per heavy atom. The van der Waals surface area contributed by atoms with Gasteiger partial charge in [0, 0.05) is 0 Å². The van der Waals surface area contributed by atoms with Crippen molar-refractivity contribution in [3.8, 4) is 11.5 Å². The lowest BCUT2D eigenvalue weighted by Crippen LogP contribution is -1.91. The van der Waals surface area contributed by atoms with Crippen molar-refractivity contribution in [1.82, 2.24) is 0 Å². The molecular weight excluding hydrogens is 280 g/mol. The molecule has 4 nitrogen and oxygen atoms in total. The summed E-state index contributed by atoms with van der Waals surface area (Å²) in [6, 6.07) is 11.1. The third-order valence-corrected chi connectivity index (χ3v) is 3.38. The van der Waals surface area contributed by atoms with E-state index in [0.717, 1.165) is 22.3 Å². The summed E-state index contributed by atoms with van der Waals surface area (Å²) < 4.78 is 10.4. The Kier molecular flexibility index (Phi) is 5.58. The summed E-state index contributed by atoms with van der Waals surface area (Å²) in [6.07, 6.45) is 3.84. The van der Waals surface area contributed by atoms with Crippen molar-refractivity contribution in [2.24, 2.45) is 0 Å². The van der Waals surface area contributed by atoms with Crippen molar-refractivity contribution in [2.75, 3.05) is 14.2 Å². The number of rotatable bonds is 6. The average molecular weight is 300 g/mol. The Morgan fingerprint density at radius 3 is 2.27 bits per heavy atom. The first kappa shape index (κ1) is 16.1. The number of methoxy groups -OCH3 is 2. The zero-order chi connectivity index (χ0) is 15.9. The van der Waals surface area contributed by atoms with Crippen molar-refractivity contribution in [2.45, 2.75) is 13.2 Å². The van der Waals surface area contributed by atoms with Gasteiger partial charge in [-0.3, -0.25) is 0 Å². The third-order valence-electron chi connectivity index (χ3n) is 3.38. The summed E-state index contributed by atoms with van der Waals surface area (Å²) >= 11 is 0. The first-order valence-corrected chi connectivity index (χ1v) is 6.95. The van der Waals surface area contributed by atoms with Crippen molar-refractivity contribution in [3.05, 3.63) is 58.7 Å². The van der Waals surface area contributed by atoms with Crippen LogP contribution in [-0.2, 0) is 13.2 Å². The molecule has 2 aromatic rings. The molecule has 0 aliphatic carbocycles. The van der Waals surface area contributed by atoms with Crippen LogP contribution in [0.2, 0.25) is 0 Å². The number of ether oxygens (including phenoxy) is 2. The molecule has 4 heteroatoms. The zero-order valence-electron chi connectivity index (χ0n) is 12.7.